The first-order valence-corrected chi connectivity index (χ1v) is 6.15. The third-order valence-corrected chi connectivity index (χ3v) is 4.60. The summed E-state index contributed by atoms with van der Waals surface area (Å²) in [7, 11) is 0. The van der Waals surface area contributed by atoms with E-state index in [0.717, 1.165) is 11.3 Å². The number of rotatable bonds is 1. The molecular weight excluding hydrogens is 210 g/mol. The van der Waals surface area contributed by atoms with Crippen molar-refractivity contribution in [1.29, 1.82) is 0 Å². The second-order valence-electron chi connectivity index (χ2n) is 6.18. The Bertz CT molecular complexity index is 476. The monoisotopic (exact) mass is 231 g/mol. The number of ketones is 1. The summed E-state index contributed by atoms with van der Waals surface area (Å²) in [6.45, 7) is 8.54. The van der Waals surface area contributed by atoms with Crippen molar-refractivity contribution < 1.29 is 4.79 Å². The Kier molecular flexibility index (Phi) is 2.57. The molecule has 17 heavy (non-hydrogen) atoms. The maximum absolute atomic E-state index is 11.8. The molecule has 0 bridgehead atoms. The van der Waals surface area contributed by atoms with Crippen LogP contribution in [-0.4, -0.2) is 5.78 Å². The van der Waals surface area contributed by atoms with Crippen molar-refractivity contribution in [2.75, 3.05) is 5.73 Å². The summed E-state index contributed by atoms with van der Waals surface area (Å²) in [5, 5.41) is 0. The van der Waals surface area contributed by atoms with Gasteiger partial charge in [-0.3, -0.25) is 4.79 Å². The molecule has 2 heteroatoms. The minimum absolute atomic E-state index is 0.00574. The van der Waals surface area contributed by atoms with Crippen LogP contribution in [-0.2, 0) is 10.2 Å². The van der Waals surface area contributed by atoms with Gasteiger partial charge in [0, 0.05) is 23.9 Å². The van der Waals surface area contributed by atoms with Crippen molar-refractivity contribution in [3.8, 4) is 0 Å². The Hall–Kier alpha value is -1.31. The van der Waals surface area contributed by atoms with Crippen LogP contribution >= 0.6 is 0 Å². The number of nitrogens with two attached hydrogens (primary N) is 1. The molecule has 1 atom stereocenters. The number of anilines is 1. The number of Topliss-reactive ketones (excluding diaryl/α,β-unsaturated/α-hetero) is 1. The van der Waals surface area contributed by atoms with Crippen molar-refractivity contribution in [2.45, 2.75) is 46.0 Å². The van der Waals surface area contributed by atoms with Crippen LogP contribution in [0.1, 0.15) is 44.7 Å². The van der Waals surface area contributed by atoms with Gasteiger partial charge in [0.2, 0.25) is 0 Å². The van der Waals surface area contributed by atoms with Gasteiger partial charge >= 0.3 is 0 Å². The minimum Gasteiger partial charge on any atom is -0.399 e. The molecule has 1 aromatic rings. The lowest BCUT2D eigenvalue weighted by Gasteiger charge is -2.38. The predicted molar refractivity (Wildman–Crippen MR) is 71.0 cm³/mol. The Morgan fingerprint density at radius 2 is 1.82 bits per heavy atom. The number of hydrogen-bond donors (Lipinski definition) is 1. The van der Waals surface area contributed by atoms with Crippen LogP contribution in [0.4, 0.5) is 5.69 Å². The summed E-state index contributed by atoms with van der Waals surface area (Å²) in [6, 6.07) is 6.20. The fraction of sp³-hybridized carbons (Fsp3) is 0.533. The lowest BCUT2D eigenvalue weighted by Crippen LogP contribution is -2.34. The highest BCUT2D eigenvalue weighted by Gasteiger charge is 2.50. The average Bonchev–Trinajstić information content (AvgIpc) is 2.40. The first-order valence-electron chi connectivity index (χ1n) is 6.15. The molecule has 1 fully saturated rings. The van der Waals surface area contributed by atoms with E-state index < -0.39 is 0 Å². The maximum atomic E-state index is 11.8. The maximum Gasteiger partial charge on any atom is 0.134 e. The van der Waals surface area contributed by atoms with Gasteiger partial charge in [-0.25, -0.2) is 0 Å². The number of benzene rings is 1. The molecular formula is C15H21NO. The second-order valence-corrected chi connectivity index (χ2v) is 6.18. The van der Waals surface area contributed by atoms with Crippen molar-refractivity contribution in [3.05, 3.63) is 29.3 Å². The van der Waals surface area contributed by atoms with Gasteiger partial charge in [-0.15, -0.1) is 0 Å². The number of carbonyl (C=O) groups is 1. The lowest BCUT2D eigenvalue weighted by molar-refractivity contribution is -0.118. The quantitative estimate of drug-likeness (QED) is 0.754. The SMILES string of the molecule is Cc1ccc(C2(C)CC(=O)CC2(C)C)cc1N. The number of carbonyl (C=O) groups excluding carboxylic acids is 1. The fourth-order valence-corrected chi connectivity index (χ4v) is 2.86. The fourth-order valence-electron chi connectivity index (χ4n) is 2.86. The molecule has 0 amide bonds. The molecule has 0 aromatic heterocycles. The first-order chi connectivity index (χ1) is 7.76. The highest BCUT2D eigenvalue weighted by Crippen LogP contribution is 2.52. The van der Waals surface area contributed by atoms with Gasteiger partial charge in [-0.05, 0) is 29.5 Å². The minimum atomic E-state index is -0.0914. The third-order valence-electron chi connectivity index (χ3n) is 4.60. The molecule has 0 radical (unpaired) electrons. The molecule has 1 aliphatic rings. The number of hydrogen-bond acceptors (Lipinski definition) is 2. The standard InChI is InChI=1S/C15H21NO/c1-10-5-6-11(7-13(10)16)15(4)9-12(17)8-14(15,2)3/h5-7H,8-9,16H2,1-4H3. The van der Waals surface area contributed by atoms with Gasteiger partial charge in [-0.2, -0.15) is 0 Å². The molecule has 2 N–H and O–H groups in total. The highest BCUT2D eigenvalue weighted by molar-refractivity contribution is 5.84. The normalized spacial score (nSPS) is 27.4. The first kappa shape index (κ1) is 12.2. The van der Waals surface area contributed by atoms with E-state index in [9.17, 15) is 4.79 Å². The topological polar surface area (TPSA) is 43.1 Å². The molecule has 0 aliphatic heterocycles. The molecule has 1 unspecified atom stereocenters. The summed E-state index contributed by atoms with van der Waals surface area (Å²) in [4.78, 5) is 11.8. The second kappa shape index (κ2) is 3.59. The predicted octanol–water partition coefficient (Wildman–Crippen LogP) is 3.22. The summed E-state index contributed by atoms with van der Waals surface area (Å²) in [6.07, 6.45) is 1.29. The van der Waals surface area contributed by atoms with Crippen LogP contribution in [0.2, 0.25) is 0 Å². The summed E-state index contributed by atoms with van der Waals surface area (Å²) in [5.41, 5.74) is 9.01. The van der Waals surface area contributed by atoms with Crippen LogP contribution in [0.25, 0.3) is 0 Å². The zero-order chi connectivity index (χ0) is 12.8. The van der Waals surface area contributed by atoms with E-state index >= 15 is 0 Å². The van der Waals surface area contributed by atoms with Crippen LogP contribution < -0.4 is 5.73 Å². The molecule has 0 spiro atoms. The smallest absolute Gasteiger partial charge is 0.134 e. The largest absolute Gasteiger partial charge is 0.399 e. The molecule has 2 nitrogen and oxygen atoms in total. The molecule has 2 rings (SSSR count). The zero-order valence-corrected chi connectivity index (χ0v) is 11.1. The van der Waals surface area contributed by atoms with E-state index in [0.29, 0.717) is 18.6 Å². The molecule has 0 heterocycles. The molecule has 1 aliphatic carbocycles. The van der Waals surface area contributed by atoms with E-state index in [4.69, 9.17) is 5.73 Å². The van der Waals surface area contributed by atoms with Gasteiger partial charge in [0.25, 0.3) is 0 Å². The lowest BCUT2D eigenvalue weighted by atomic mass is 9.65. The van der Waals surface area contributed by atoms with Crippen LogP contribution in [0.5, 0.6) is 0 Å². The van der Waals surface area contributed by atoms with E-state index in [1.54, 1.807) is 0 Å². The summed E-state index contributed by atoms with van der Waals surface area (Å²) in [5.74, 6) is 0.358. The number of nitrogen functional groups attached to an aromatic ring is 1. The Labute approximate surface area is 103 Å². The van der Waals surface area contributed by atoms with Crippen molar-refractivity contribution in [3.63, 3.8) is 0 Å². The van der Waals surface area contributed by atoms with Crippen LogP contribution in [0.3, 0.4) is 0 Å². The van der Waals surface area contributed by atoms with E-state index in [1.165, 1.54) is 5.56 Å². The molecule has 92 valence electrons. The highest BCUT2D eigenvalue weighted by atomic mass is 16.1. The van der Waals surface area contributed by atoms with Crippen LogP contribution in [0, 0.1) is 12.3 Å². The van der Waals surface area contributed by atoms with E-state index in [-0.39, 0.29) is 10.8 Å². The molecule has 1 saturated carbocycles. The van der Waals surface area contributed by atoms with Gasteiger partial charge in [0.1, 0.15) is 5.78 Å². The van der Waals surface area contributed by atoms with Crippen molar-refractivity contribution >= 4 is 11.5 Å². The van der Waals surface area contributed by atoms with Crippen LogP contribution in [0.15, 0.2) is 18.2 Å². The number of aryl methyl sites for hydroxylation is 1. The summed E-state index contributed by atoms with van der Waals surface area (Å²) >= 11 is 0. The Morgan fingerprint density at radius 3 is 2.29 bits per heavy atom. The van der Waals surface area contributed by atoms with E-state index in [1.807, 2.05) is 13.0 Å². The Balaban J connectivity index is 2.51. The van der Waals surface area contributed by atoms with Gasteiger partial charge in [-0.1, -0.05) is 32.9 Å². The van der Waals surface area contributed by atoms with Gasteiger partial charge in [0.05, 0.1) is 0 Å². The van der Waals surface area contributed by atoms with E-state index in [2.05, 4.69) is 32.9 Å². The molecule has 1 aromatic carbocycles. The summed E-state index contributed by atoms with van der Waals surface area (Å²) < 4.78 is 0. The molecule has 0 saturated heterocycles. The average molecular weight is 231 g/mol. The third kappa shape index (κ3) is 1.76. The Morgan fingerprint density at radius 1 is 1.18 bits per heavy atom. The van der Waals surface area contributed by atoms with Gasteiger partial charge in [0.15, 0.2) is 0 Å². The van der Waals surface area contributed by atoms with Crippen molar-refractivity contribution in [1.82, 2.24) is 0 Å². The zero-order valence-electron chi connectivity index (χ0n) is 11.1. The van der Waals surface area contributed by atoms with Crippen molar-refractivity contribution in [2.24, 2.45) is 5.41 Å². The van der Waals surface area contributed by atoms with Gasteiger partial charge < -0.3 is 5.73 Å².